The summed E-state index contributed by atoms with van der Waals surface area (Å²) in [5, 5.41) is 2.93. The van der Waals surface area contributed by atoms with Gasteiger partial charge in [0.25, 0.3) is 15.9 Å². The summed E-state index contributed by atoms with van der Waals surface area (Å²) in [7, 11) is -2.17. The van der Waals surface area contributed by atoms with E-state index in [0.29, 0.717) is 11.4 Å². The van der Waals surface area contributed by atoms with E-state index in [1.165, 1.54) is 11.4 Å². The van der Waals surface area contributed by atoms with Crippen LogP contribution in [-0.2, 0) is 14.8 Å². The van der Waals surface area contributed by atoms with Gasteiger partial charge >= 0.3 is 0 Å². The number of sulfonamides is 1. The molecule has 1 amide bonds. The van der Waals surface area contributed by atoms with Crippen molar-refractivity contribution < 1.29 is 17.9 Å². The zero-order valence-corrected chi connectivity index (χ0v) is 20.4. The molecule has 0 spiro atoms. The van der Waals surface area contributed by atoms with Gasteiger partial charge in [-0.05, 0) is 67.8 Å². The molecule has 1 unspecified atom stereocenters. The van der Waals surface area contributed by atoms with E-state index in [9.17, 15) is 13.2 Å². The number of nitrogens with one attached hydrogen (secondary N) is 1. The van der Waals surface area contributed by atoms with Gasteiger partial charge in [0.15, 0.2) is 6.10 Å². The zero-order valence-electron chi connectivity index (χ0n) is 19.6. The maximum atomic E-state index is 12.9. The van der Waals surface area contributed by atoms with Crippen LogP contribution >= 0.6 is 0 Å². The fourth-order valence-corrected chi connectivity index (χ4v) is 4.54. The molecule has 33 heavy (non-hydrogen) atoms. The van der Waals surface area contributed by atoms with Gasteiger partial charge in [0.2, 0.25) is 0 Å². The molecule has 0 saturated carbocycles. The monoisotopic (exact) mass is 466 g/mol. The quantitative estimate of drug-likeness (QED) is 0.486. The number of rotatable bonds is 8. The number of carbonyl (C=O) groups is 1. The van der Waals surface area contributed by atoms with Crippen molar-refractivity contribution in [2.75, 3.05) is 16.7 Å². The minimum Gasteiger partial charge on any atom is -0.481 e. The van der Waals surface area contributed by atoms with Crippen molar-refractivity contribution in [2.45, 2.75) is 44.6 Å². The van der Waals surface area contributed by atoms with Gasteiger partial charge in [-0.3, -0.25) is 9.10 Å². The average molecular weight is 467 g/mol. The first kappa shape index (κ1) is 24.3. The molecule has 0 aliphatic rings. The number of para-hydroxylation sites is 1. The summed E-state index contributed by atoms with van der Waals surface area (Å²) in [6.07, 6.45) is -0.731. The highest BCUT2D eigenvalue weighted by Crippen LogP contribution is 2.26. The first-order valence-corrected chi connectivity index (χ1v) is 12.3. The van der Waals surface area contributed by atoms with Gasteiger partial charge in [0.05, 0.1) is 10.6 Å². The van der Waals surface area contributed by atoms with Crippen LogP contribution in [0, 0.1) is 6.92 Å². The van der Waals surface area contributed by atoms with E-state index in [-0.39, 0.29) is 16.7 Å². The Kier molecular flexibility index (Phi) is 7.43. The summed E-state index contributed by atoms with van der Waals surface area (Å²) in [5.74, 6) is 0.490. The zero-order chi connectivity index (χ0) is 24.2. The van der Waals surface area contributed by atoms with Crippen molar-refractivity contribution in [3.63, 3.8) is 0 Å². The van der Waals surface area contributed by atoms with Crippen molar-refractivity contribution in [1.82, 2.24) is 0 Å². The van der Waals surface area contributed by atoms with E-state index in [4.69, 9.17) is 4.74 Å². The van der Waals surface area contributed by atoms with Gasteiger partial charge in [0, 0.05) is 12.7 Å². The Bertz CT molecular complexity index is 1200. The number of benzene rings is 3. The van der Waals surface area contributed by atoms with Gasteiger partial charge in [-0.1, -0.05) is 49.7 Å². The van der Waals surface area contributed by atoms with Crippen LogP contribution in [0.15, 0.2) is 77.7 Å². The number of anilines is 2. The largest absolute Gasteiger partial charge is 0.481 e. The number of amides is 1. The van der Waals surface area contributed by atoms with Gasteiger partial charge in [-0.15, -0.1) is 0 Å². The van der Waals surface area contributed by atoms with Crippen LogP contribution in [0.3, 0.4) is 0 Å². The Balaban J connectivity index is 1.67. The van der Waals surface area contributed by atoms with Gasteiger partial charge in [0.1, 0.15) is 5.75 Å². The predicted octanol–water partition coefficient (Wildman–Crippen LogP) is 5.35. The molecule has 7 heteroatoms. The molecule has 0 aliphatic carbocycles. The average Bonchev–Trinajstić information content (AvgIpc) is 2.79. The van der Waals surface area contributed by atoms with Crippen LogP contribution in [0.5, 0.6) is 5.75 Å². The van der Waals surface area contributed by atoms with Gasteiger partial charge in [-0.2, -0.15) is 0 Å². The van der Waals surface area contributed by atoms with Crippen LogP contribution < -0.4 is 14.4 Å². The molecule has 0 radical (unpaired) electrons. The number of hydrogen-bond acceptors (Lipinski definition) is 4. The minimum atomic E-state index is -3.68. The van der Waals surface area contributed by atoms with E-state index in [2.05, 4.69) is 19.2 Å². The fourth-order valence-electron chi connectivity index (χ4n) is 3.35. The van der Waals surface area contributed by atoms with Crippen LogP contribution in [0.2, 0.25) is 0 Å². The minimum absolute atomic E-state index is 0.225. The van der Waals surface area contributed by atoms with E-state index in [0.717, 1.165) is 16.8 Å². The lowest BCUT2D eigenvalue weighted by Crippen LogP contribution is -2.30. The van der Waals surface area contributed by atoms with E-state index in [1.807, 2.05) is 31.2 Å². The summed E-state index contributed by atoms with van der Waals surface area (Å²) >= 11 is 0. The number of nitrogens with zero attached hydrogens (tertiary/aromatic N) is 1. The van der Waals surface area contributed by atoms with Crippen molar-refractivity contribution in [3.8, 4) is 5.75 Å². The van der Waals surface area contributed by atoms with Crippen molar-refractivity contribution in [1.29, 1.82) is 0 Å². The van der Waals surface area contributed by atoms with E-state index in [1.54, 1.807) is 55.5 Å². The SMILES string of the molecule is Cc1ccc(S(=O)(=O)N(C)c2ccc(OC(C)C(=O)Nc3ccccc3C(C)C)cc2)cc1. The molecule has 174 valence electrons. The van der Waals surface area contributed by atoms with E-state index >= 15 is 0 Å². The number of hydrogen-bond donors (Lipinski definition) is 1. The fraction of sp³-hybridized carbons (Fsp3) is 0.269. The Morgan fingerprint density at radius 3 is 2.12 bits per heavy atom. The molecular weight excluding hydrogens is 436 g/mol. The van der Waals surface area contributed by atoms with Crippen molar-refractivity contribution >= 4 is 27.3 Å². The molecule has 0 fully saturated rings. The first-order chi connectivity index (χ1) is 15.6. The third-order valence-electron chi connectivity index (χ3n) is 5.40. The Morgan fingerprint density at radius 2 is 1.52 bits per heavy atom. The maximum Gasteiger partial charge on any atom is 0.265 e. The normalized spacial score (nSPS) is 12.3. The lowest BCUT2D eigenvalue weighted by atomic mass is 10.0. The van der Waals surface area contributed by atoms with Gasteiger partial charge in [-0.25, -0.2) is 8.42 Å². The number of aryl methyl sites for hydroxylation is 1. The topological polar surface area (TPSA) is 75.7 Å². The molecule has 0 bridgehead atoms. The summed E-state index contributed by atoms with van der Waals surface area (Å²) < 4.78 is 32.8. The lowest BCUT2D eigenvalue weighted by molar-refractivity contribution is -0.122. The van der Waals surface area contributed by atoms with Crippen molar-refractivity contribution in [3.05, 3.63) is 83.9 Å². The summed E-state index contributed by atoms with van der Waals surface area (Å²) in [6.45, 7) is 7.73. The molecule has 0 heterocycles. The van der Waals surface area contributed by atoms with Crippen LogP contribution in [-0.4, -0.2) is 27.5 Å². The first-order valence-electron chi connectivity index (χ1n) is 10.8. The standard InChI is InChI=1S/C26H30N2O4S/c1-18(2)24-8-6-7-9-25(24)27-26(29)20(4)32-22-14-12-21(13-15-22)28(5)33(30,31)23-16-10-19(3)11-17-23/h6-18,20H,1-5H3,(H,27,29). The molecular formula is C26H30N2O4S. The molecule has 3 rings (SSSR count). The highest BCUT2D eigenvalue weighted by atomic mass is 32.2. The van der Waals surface area contributed by atoms with Crippen LogP contribution in [0.4, 0.5) is 11.4 Å². The summed E-state index contributed by atoms with van der Waals surface area (Å²) in [6, 6.07) is 21.0. The predicted molar refractivity (Wildman–Crippen MR) is 132 cm³/mol. The molecule has 0 aromatic heterocycles. The highest BCUT2D eigenvalue weighted by molar-refractivity contribution is 7.92. The second-order valence-corrected chi connectivity index (χ2v) is 10.2. The molecule has 6 nitrogen and oxygen atoms in total. The molecule has 1 atom stereocenters. The summed E-state index contributed by atoms with van der Waals surface area (Å²) in [5.41, 5.74) is 3.31. The number of ether oxygens (including phenoxy) is 1. The Morgan fingerprint density at radius 1 is 0.909 bits per heavy atom. The third kappa shape index (κ3) is 5.73. The highest BCUT2D eigenvalue weighted by Gasteiger charge is 2.22. The van der Waals surface area contributed by atoms with Gasteiger partial charge < -0.3 is 10.1 Å². The maximum absolute atomic E-state index is 12.9. The second-order valence-electron chi connectivity index (χ2n) is 8.27. The number of carbonyl (C=O) groups excluding carboxylic acids is 1. The summed E-state index contributed by atoms with van der Waals surface area (Å²) in [4.78, 5) is 12.9. The molecule has 3 aromatic carbocycles. The van der Waals surface area contributed by atoms with Crippen LogP contribution in [0.25, 0.3) is 0 Å². The third-order valence-corrected chi connectivity index (χ3v) is 7.20. The second kappa shape index (κ2) is 10.1. The van der Waals surface area contributed by atoms with E-state index < -0.39 is 16.1 Å². The Labute approximate surface area is 196 Å². The smallest absolute Gasteiger partial charge is 0.265 e. The lowest BCUT2D eigenvalue weighted by Gasteiger charge is -2.21. The molecule has 1 N–H and O–H groups in total. The van der Waals surface area contributed by atoms with Crippen molar-refractivity contribution in [2.24, 2.45) is 0 Å². The molecule has 0 aliphatic heterocycles. The van der Waals surface area contributed by atoms with Crippen LogP contribution in [0.1, 0.15) is 37.8 Å². The molecule has 3 aromatic rings. The Hall–Kier alpha value is -3.32. The molecule has 0 saturated heterocycles.